The quantitative estimate of drug-likeness (QED) is 0.802. The van der Waals surface area contributed by atoms with E-state index in [1.807, 2.05) is 27.7 Å². The number of hydrogen-bond acceptors (Lipinski definition) is 6. The summed E-state index contributed by atoms with van der Waals surface area (Å²) in [4.78, 5) is 19.4. The third-order valence-electron chi connectivity index (χ3n) is 4.22. The van der Waals surface area contributed by atoms with E-state index in [9.17, 15) is 4.79 Å². The van der Waals surface area contributed by atoms with Crippen molar-refractivity contribution in [2.45, 2.75) is 45.8 Å². The van der Waals surface area contributed by atoms with Gasteiger partial charge in [0.2, 0.25) is 5.91 Å². The van der Waals surface area contributed by atoms with Crippen LogP contribution in [0.2, 0.25) is 5.15 Å². The van der Waals surface area contributed by atoms with Crippen LogP contribution >= 0.6 is 11.6 Å². The van der Waals surface area contributed by atoms with Crippen molar-refractivity contribution in [2.24, 2.45) is 0 Å². The molecule has 0 aromatic carbocycles. The summed E-state index contributed by atoms with van der Waals surface area (Å²) >= 11 is 5.78. The van der Waals surface area contributed by atoms with Crippen molar-refractivity contribution in [3.8, 4) is 0 Å². The van der Waals surface area contributed by atoms with Crippen LogP contribution in [0.25, 0.3) is 6.08 Å². The van der Waals surface area contributed by atoms with Crippen molar-refractivity contribution in [1.82, 2.24) is 15.3 Å². The number of rotatable bonds is 4. The Balaban J connectivity index is 2.35. The van der Waals surface area contributed by atoms with Crippen LogP contribution in [0.5, 0.6) is 0 Å². The summed E-state index contributed by atoms with van der Waals surface area (Å²) in [6.45, 7) is 9.52. The largest absolute Gasteiger partial charge is 0.492 e. The molecule has 1 amide bonds. The molecule has 9 heteroatoms. The van der Waals surface area contributed by atoms with Gasteiger partial charge >= 0.3 is 7.12 Å². The molecule has 0 saturated carbocycles. The highest BCUT2D eigenvalue weighted by Gasteiger charge is 2.52. The maximum atomic E-state index is 11.3. The van der Waals surface area contributed by atoms with E-state index in [4.69, 9.17) is 26.6 Å². The van der Waals surface area contributed by atoms with Crippen LogP contribution in [0.15, 0.2) is 11.7 Å². The summed E-state index contributed by atoms with van der Waals surface area (Å²) in [5.41, 5.74) is 5.99. The predicted molar refractivity (Wildman–Crippen MR) is 94.2 cm³/mol. The first-order valence-corrected chi connectivity index (χ1v) is 7.98. The molecule has 1 fully saturated rings. The number of halogens is 1. The zero-order valence-corrected chi connectivity index (χ0v) is 15.3. The summed E-state index contributed by atoms with van der Waals surface area (Å²) in [5.74, 6) is 0.0342. The zero-order valence-electron chi connectivity index (χ0n) is 14.5. The molecule has 1 aromatic rings. The van der Waals surface area contributed by atoms with E-state index in [-0.39, 0.29) is 23.4 Å². The molecule has 0 atom stereocenters. The van der Waals surface area contributed by atoms with E-state index in [2.05, 4.69) is 15.3 Å². The Hall–Kier alpha value is -1.64. The van der Waals surface area contributed by atoms with Crippen LogP contribution in [0.3, 0.4) is 0 Å². The number of carbonyl (C=O) groups excluding carboxylic acids is 1. The molecule has 2 heterocycles. The molecule has 7 nitrogen and oxygen atoms in total. The fourth-order valence-electron chi connectivity index (χ4n) is 2.10. The normalized spacial score (nSPS) is 19.4. The van der Waals surface area contributed by atoms with Gasteiger partial charge in [-0.3, -0.25) is 4.79 Å². The van der Waals surface area contributed by atoms with Crippen molar-refractivity contribution in [3.63, 3.8) is 0 Å². The summed E-state index contributed by atoms with van der Waals surface area (Å²) < 4.78 is 12.1. The predicted octanol–water partition coefficient (Wildman–Crippen LogP) is 1.86. The second kappa shape index (κ2) is 6.70. The average molecular weight is 353 g/mol. The van der Waals surface area contributed by atoms with Crippen LogP contribution in [0.4, 0.5) is 5.82 Å². The summed E-state index contributed by atoms with van der Waals surface area (Å²) in [6, 6.07) is 0. The highest BCUT2D eigenvalue weighted by atomic mass is 35.5. The van der Waals surface area contributed by atoms with Crippen LogP contribution in [-0.2, 0) is 14.1 Å². The number of nitrogens with two attached hydrogens (primary N) is 1. The van der Waals surface area contributed by atoms with Gasteiger partial charge in [0.25, 0.3) is 0 Å². The van der Waals surface area contributed by atoms with E-state index >= 15 is 0 Å². The summed E-state index contributed by atoms with van der Waals surface area (Å²) in [7, 11) is -0.626. The first kappa shape index (κ1) is 18.7. The van der Waals surface area contributed by atoms with Crippen LogP contribution in [-0.4, -0.2) is 40.7 Å². The number of amides is 1. The molecule has 0 aliphatic carbocycles. The van der Waals surface area contributed by atoms with Gasteiger partial charge in [0.05, 0.1) is 17.4 Å². The molecule has 130 valence electrons. The highest BCUT2D eigenvalue weighted by Crippen LogP contribution is 2.38. The highest BCUT2D eigenvalue weighted by molar-refractivity contribution is 6.56. The second-order valence-corrected chi connectivity index (χ2v) is 7.07. The van der Waals surface area contributed by atoms with Gasteiger partial charge in [0.1, 0.15) is 10.8 Å². The van der Waals surface area contributed by atoms with E-state index in [0.29, 0.717) is 11.2 Å². The molecule has 0 spiro atoms. The van der Waals surface area contributed by atoms with Crippen molar-refractivity contribution in [3.05, 3.63) is 22.5 Å². The number of nitrogens with one attached hydrogen (secondary N) is 1. The molecule has 3 N–H and O–H groups in total. The van der Waals surface area contributed by atoms with Gasteiger partial charge in [-0.2, -0.15) is 0 Å². The van der Waals surface area contributed by atoms with Crippen molar-refractivity contribution >= 4 is 36.5 Å². The van der Waals surface area contributed by atoms with Crippen molar-refractivity contribution in [1.29, 1.82) is 0 Å². The molecule has 0 bridgehead atoms. The van der Waals surface area contributed by atoms with Crippen molar-refractivity contribution < 1.29 is 14.1 Å². The molecule has 0 radical (unpaired) electrons. The Morgan fingerprint density at radius 2 is 1.96 bits per heavy atom. The topological polar surface area (TPSA) is 99.4 Å². The fraction of sp³-hybridized carbons (Fsp3) is 0.533. The Labute approximate surface area is 147 Å². The fourth-order valence-corrected chi connectivity index (χ4v) is 2.24. The number of aromatic nitrogens is 2. The van der Waals surface area contributed by atoms with E-state index in [1.165, 1.54) is 13.1 Å². The summed E-state index contributed by atoms with van der Waals surface area (Å²) in [6.07, 6.45) is 3.11. The van der Waals surface area contributed by atoms with Gasteiger partial charge in [0, 0.05) is 13.5 Å². The van der Waals surface area contributed by atoms with Gasteiger partial charge in [-0.15, -0.1) is 0 Å². The Kier molecular flexibility index (Phi) is 5.22. The number of nitrogens with zero attached hydrogens (tertiary/aromatic N) is 2. The maximum Gasteiger partial charge on any atom is 0.492 e. The van der Waals surface area contributed by atoms with Gasteiger partial charge < -0.3 is 20.4 Å². The minimum atomic E-state index is -0.626. The lowest BCUT2D eigenvalue weighted by Gasteiger charge is -2.32. The molecule has 1 aromatic heterocycles. The van der Waals surface area contributed by atoms with Crippen molar-refractivity contribution in [2.75, 3.05) is 12.3 Å². The molecular weight excluding hydrogens is 330 g/mol. The average Bonchev–Trinajstić information content (AvgIpc) is 2.65. The van der Waals surface area contributed by atoms with Gasteiger partial charge in [-0.25, -0.2) is 9.97 Å². The summed E-state index contributed by atoms with van der Waals surface area (Å²) in [5, 5.41) is 2.96. The lowest BCUT2D eigenvalue weighted by Crippen LogP contribution is -2.41. The standard InChI is InChI=1S/C15H22BClN4O3/c1-9(22)19-7-10(6-11-13(18)21-12(17)8-20-11)16-23-14(2,3)15(4,5)24-16/h6,8H,7H2,1-5H3,(H2,18,21)(H,19,22). The SMILES string of the molecule is CC(=O)NCC(=Cc1ncc(Cl)nc1N)B1OC(C)(C)C(C)(C)O1. The first-order chi connectivity index (χ1) is 11.0. The van der Waals surface area contributed by atoms with Crippen LogP contribution in [0.1, 0.15) is 40.3 Å². The Morgan fingerprint density at radius 3 is 2.46 bits per heavy atom. The molecule has 1 aliphatic rings. The molecular formula is C15H22BClN4O3. The van der Waals surface area contributed by atoms with Crippen LogP contribution < -0.4 is 11.1 Å². The van der Waals surface area contributed by atoms with Gasteiger partial charge in [0.15, 0.2) is 5.82 Å². The lowest BCUT2D eigenvalue weighted by molar-refractivity contribution is -0.118. The first-order valence-electron chi connectivity index (χ1n) is 7.60. The van der Waals surface area contributed by atoms with E-state index in [1.54, 1.807) is 6.08 Å². The molecule has 1 aliphatic heterocycles. The minimum absolute atomic E-state index is 0.160. The number of hydrogen-bond donors (Lipinski definition) is 2. The Morgan fingerprint density at radius 1 is 1.38 bits per heavy atom. The smallest absolute Gasteiger partial charge is 0.400 e. The van der Waals surface area contributed by atoms with E-state index in [0.717, 1.165) is 0 Å². The van der Waals surface area contributed by atoms with Crippen LogP contribution in [0, 0.1) is 0 Å². The number of nitrogen functional groups attached to an aromatic ring is 1. The molecule has 0 unspecified atom stereocenters. The number of anilines is 1. The van der Waals surface area contributed by atoms with E-state index < -0.39 is 18.3 Å². The lowest BCUT2D eigenvalue weighted by atomic mass is 9.77. The third-order valence-corrected chi connectivity index (χ3v) is 4.40. The Bertz CT molecular complexity index is 663. The zero-order chi connectivity index (χ0) is 18.1. The number of carbonyl (C=O) groups is 1. The maximum absolute atomic E-state index is 11.3. The second-order valence-electron chi connectivity index (χ2n) is 6.68. The third kappa shape index (κ3) is 4.06. The minimum Gasteiger partial charge on any atom is -0.400 e. The molecule has 1 saturated heterocycles. The monoisotopic (exact) mass is 352 g/mol. The molecule has 24 heavy (non-hydrogen) atoms. The molecule has 2 rings (SSSR count). The van der Waals surface area contributed by atoms with Gasteiger partial charge in [-0.1, -0.05) is 11.6 Å². The van der Waals surface area contributed by atoms with Gasteiger partial charge in [-0.05, 0) is 39.2 Å².